The molecule has 0 saturated heterocycles. The summed E-state index contributed by atoms with van der Waals surface area (Å²) in [6.45, 7) is 5.95. The minimum Gasteiger partial charge on any atom is -0.325 e. The van der Waals surface area contributed by atoms with E-state index in [1.807, 2.05) is 26.1 Å². The standard InChI is InChI=1S/C8H16N2/c1-4-5-10-8(3)6-7(2)9/h5-7H,4,9H2,1-3H3/b8-6-,10-5?. The van der Waals surface area contributed by atoms with Crippen LogP contribution in [0.4, 0.5) is 0 Å². The normalized spacial score (nSPS) is 16.2. The van der Waals surface area contributed by atoms with E-state index in [4.69, 9.17) is 5.73 Å². The van der Waals surface area contributed by atoms with Gasteiger partial charge in [0.1, 0.15) is 0 Å². The van der Waals surface area contributed by atoms with E-state index in [0.717, 1.165) is 12.1 Å². The summed E-state index contributed by atoms with van der Waals surface area (Å²) in [6, 6.07) is 0.106. The molecule has 0 bridgehead atoms. The molecule has 0 saturated carbocycles. The van der Waals surface area contributed by atoms with Crippen molar-refractivity contribution in [1.29, 1.82) is 0 Å². The molecular formula is C8H16N2. The Hall–Kier alpha value is -0.630. The van der Waals surface area contributed by atoms with Crippen LogP contribution in [0.3, 0.4) is 0 Å². The van der Waals surface area contributed by atoms with Crippen molar-refractivity contribution in [2.75, 3.05) is 0 Å². The third kappa shape index (κ3) is 5.51. The molecule has 0 heterocycles. The minimum absolute atomic E-state index is 0.106. The van der Waals surface area contributed by atoms with Crippen LogP contribution in [-0.4, -0.2) is 12.3 Å². The Balaban J connectivity index is 3.82. The Morgan fingerprint density at radius 2 is 2.30 bits per heavy atom. The van der Waals surface area contributed by atoms with E-state index in [1.165, 1.54) is 0 Å². The number of hydrogen-bond donors (Lipinski definition) is 1. The van der Waals surface area contributed by atoms with Gasteiger partial charge in [0, 0.05) is 18.0 Å². The predicted octanol–water partition coefficient (Wildman–Crippen LogP) is 1.72. The van der Waals surface area contributed by atoms with E-state index >= 15 is 0 Å². The second-order valence-corrected chi connectivity index (χ2v) is 2.39. The number of nitrogens with zero attached hydrogens (tertiary/aromatic N) is 1. The van der Waals surface area contributed by atoms with Crippen LogP contribution < -0.4 is 5.73 Å². The zero-order valence-corrected chi connectivity index (χ0v) is 6.96. The molecule has 58 valence electrons. The van der Waals surface area contributed by atoms with Gasteiger partial charge < -0.3 is 5.73 Å². The Kier molecular flexibility index (Phi) is 4.85. The van der Waals surface area contributed by atoms with Crippen molar-refractivity contribution in [3.63, 3.8) is 0 Å². The van der Waals surface area contributed by atoms with Gasteiger partial charge in [0.15, 0.2) is 0 Å². The van der Waals surface area contributed by atoms with E-state index in [9.17, 15) is 0 Å². The molecule has 1 atom stereocenters. The van der Waals surface area contributed by atoms with Crippen LogP contribution in [0.1, 0.15) is 27.2 Å². The zero-order valence-electron chi connectivity index (χ0n) is 6.96. The molecule has 2 nitrogen and oxygen atoms in total. The van der Waals surface area contributed by atoms with E-state index in [0.29, 0.717) is 0 Å². The molecule has 0 spiro atoms. The number of nitrogens with two attached hydrogens (primary N) is 1. The Morgan fingerprint density at radius 1 is 1.70 bits per heavy atom. The third-order valence-electron chi connectivity index (χ3n) is 0.982. The van der Waals surface area contributed by atoms with E-state index < -0.39 is 0 Å². The van der Waals surface area contributed by atoms with Crippen LogP contribution in [0.25, 0.3) is 0 Å². The molecule has 0 aliphatic rings. The molecule has 2 heteroatoms. The fraction of sp³-hybridized carbons (Fsp3) is 0.625. The van der Waals surface area contributed by atoms with Gasteiger partial charge in [-0.25, -0.2) is 0 Å². The van der Waals surface area contributed by atoms with Crippen LogP contribution in [0.5, 0.6) is 0 Å². The van der Waals surface area contributed by atoms with Gasteiger partial charge >= 0.3 is 0 Å². The maximum atomic E-state index is 5.51. The Morgan fingerprint density at radius 3 is 2.70 bits per heavy atom. The highest BCUT2D eigenvalue weighted by atomic mass is 14.7. The SMILES string of the molecule is CCC=N/C(C)=C\C(C)N. The first-order valence-electron chi connectivity index (χ1n) is 3.63. The van der Waals surface area contributed by atoms with Crippen LogP contribution in [0.2, 0.25) is 0 Å². The monoisotopic (exact) mass is 140 g/mol. The van der Waals surface area contributed by atoms with Gasteiger partial charge in [0.25, 0.3) is 0 Å². The lowest BCUT2D eigenvalue weighted by molar-refractivity contribution is 0.911. The second kappa shape index (κ2) is 5.18. The highest BCUT2D eigenvalue weighted by molar-refractivity contribution is 5.58. The average Bonchev–Trinajstić information content (AvgIpc) is 1.82. The molecule has 0 aliphatic heterocycles. The molecule has 0 fully saturated rings. The predicted molar refractivity (Wildman–Crippen MR) is 46.2 cm³/mol. The highest BCUT2D eigenvalue weighted by Gasteiger charge is 1.86. The lowest BCUT2D eigenvalue weighted by Gasteiger charge is -1.95. The molecule has 10 heavy (non-hydrogen) atoms. The number of hydrogen-bond acceptors (Lipinski definition) is 2. The van der Waals surface area contributed by atoms with E-state index in [-0.39, 0.29) is 6.04 Å². The number of rotatable bonds is 3. The van der Waals surface area contributed by atoms with Crippen molar-refractivity contribution < 1.29 is 0 Å². The summed E-state index contributed by atoms with van der Waals surface area (Å²) in [7, 11) is 0. The smallest absolute Gasteiger partial charge is 0.0344 e. The molecule has 0 radical (unpaired) electrons. The van der Waals surface area contributed by atoms with Gasteiger partial charge in [-0.3, -0.25) is 4.99 Å². The zero-order chi connectivity index (χ0) is 7.98. The molecule has 0 aromatic heterocycles. The quantitative estimate of drug-likeness (QED) is 0.595. The minimum atomic E-state index is 0.106. The summed E-state index contributed by atoms with van der Waals surface area (Å²) >= 11 is 0. The van der Waals surface area contributed by atoms with Gasteiger partial charge in [0.2, 0.25) is 0 Å². The van der Waals surface area contributed by atoms with Crippen LogP contribution in [-0.2, 0) is 0 Å². The first-order valence-corrected chi connectivity index (χ1v) is 3.63. The number of aliphatic imine (C=N–C) groups is 1. The highest BCUT2D eigenvalue weighted by Crippen LogP contribution is 1.94. The van der Waals surface area contributed by atoms with Crippen LogP contribution in [0, 0.1) is 0 Å². The molecule has 0 aromatic carbocycles. The van der Waals surface area contributed by atoms with Crippen molar-refractivity contribution in [2.24, 2.45) is 10.7 Å². The topological polar surface area (TPSA) is 38.4 Å². The molecule has 0 rings (SSSR count). The molecule has 0 aromatic rings. The van der Waals surface area contributed by atoms with Crippen LogP contribution in [0.15, 0.2) is 16.8 Å². The van der Waals surface area contributed by atoms with Gasteiger partial charge in [-0.2, -0.15) is 0 Å². The summed E-state index contributed by atoms with van der Waals surface area (Å²) in [4.78, 5) is 4.14. The fourth-order valence-corrected chi connectivity index (χ4v) is 0.659. The van der Waals surface area contributed by atoms with E-state index in [1.54, 1.807) is 0 Å². The summed E-state index contributed by atoms with van der Waals surface area (Å²) in [5.41, 5.74) is 6.51. The maximum absolute atomic E-state index is 5.51. The molecular weight excluding hydrogens is 124 g/mol. The summed E-state index contributed by atoms with van der Waals surface area (Å²) in [5, 5.41) is 0. The van der Waals surface area contributed by atoms with Crippen molar-refractivity contribution >= 4 is 6.21 Å². The number of allylic oxidation sites excluding steroid dienone is 1. The Labute approximate surface area is 62.8 Å². The summed E-state index contributed by atoms with van der Waals surface area (Å²) in [5.74, 6) is 0. The molecule has 0 aliphatic carbocycles. The molecule has 0 amide bonds. The van der Waals surface area contributed by atoms with Crippen LogP contribution >= 0.6 is 0 Å². The third-order valence-corrected chi connectivity index (χ3v) is 0.982. The van der Waals surface area contributed by atoms with Gasteiger partial charge in [0.05, 0.1) is 0 Å². The first-order chi connectivity index (χ1) is 4.66. The Bertz CT molecular complexity index is 134. The second-order valence-electron chi connectivity index (χ2n) is 2.39. The fourth-order valence-electron chi connectivity index (χ4n) is 0.659. The van der Waals surface area contributed by atoms with Crippen molar-refractivity contribution in [2.45, 2.75) is 33.2 Å². The van der Waals surface area contributed by atoms with Crippen molar-refractivity contribution in [3.8, 4) is 0 Å². The van der Waals surface area contributed by atoms with E-state index in [2.05, 4.69) is 11.9 Å². The molecule has 1 unspecified atom stereocenters. The largest absolute Gasteiger partial charge is 0.325 e. The lowest BCUT2D eigenvalue weighted by Crippen LogP contribution is -2.10. The first kappa shape index (κ1) is 9.37. The molecule has 2 N–H and O–H groups in total. The summed E-state index contributed by atoms with van der Waals surface area (Å²) in [6.07, 6.45) is 4.80. The van der Waals surface area contributed by atoms with Gasteiger partial charge in [-0.05, 0) is 26.3 Å². The summed E-state index contributed by atoms with van der Waals surface area (Å²) < 4.78 is 0. The average molecular weight is 140 g/mol. The van der Waals surface area contributed by atoms with Crippen molar-refractivity contribution in [3.05, 3.63) is 11.8 Å². The van der Waals surface area contributed by atoms with Gasteiger partial charge in [-0.1, -0.05) is 6.92 Å². The maximum Gasteiger partial charge on any atom is 0.0344 e. The lowest BCUT2D eigenvalue weighted by atomic mass is 10.3. The van der Waals surface area contributed by atoms with Crippen molar-refractivity contribution in [1.82, 2.24) is 0 Å². The van der Waals surface area contributed by atoms with Gasteiger partial charge in [-0.15, -0.1) is 0 Å².